The molecule has 0 fully saturated rings. The summed E-state index contributed by atoms with van der Waals surface area (Å²) in [5, 5.41) is 26.4. The van der Waals surface area contributed by atoms with Gasteiger partial charge in [-0.05, 0) is 42.5 Å². The average molecular weight is 338 g/mol. The summed E-state index contributed by atoms with van der Waals surface area (Å²) in [6, 6.07) is 7.03. The van der Waals surface area contributed by atoms with Gasteiger partial charge >= 0.3 is 6.03 Å². The minimum Gasteiger partial charge on any atom is -0.505 e. The van der Waals surface area contributed by atoms with E-state index >= 15 is 0 Å². The number of thiophene rings is 1. The highest BCUT2D eigenvalue weighted by Crippen LogP contribution is 2.22. The van der Waals surface area contributed by atoms with Gasteiger partial charge in [0.1, 0.15) is 0 Å². The highest BCUT2D eigenvalue weighted by Gasteiger charge is 2.15. The molecule has 2 unspecified atom stereocenters. The van der Waals surface area contributed by atoms with Crippen LogP contribution in [0.1, 0.15) is 29.9 Å². The summed E-state index contributed by atoms with van der Waals surface area (Å²) in [6.07, 6.45) is -0.210. The number of aliphatic hydroxyl groups excluding tert-OH is 1. The van der Waals surface area contributed by atoms with Gasteiger partial charge in [-0.1, -0.05) is 12.1 Å². The van der Waals surface area contributed by atoms with Crippen molar-refractivity contribution < 1.29 is 19.4 Å². The number of phenols is 1. The van der Waals surface area contributed by atoms with Gasteiger partial charge < -0.3 is 20.8 Å². The molecule has 124 valence electrons. The average Bonchev–Trinajstić information content (AvgIpc) is 3.02. The van der Waals surface area contributed by atoms with E-state index in [1.807, 2.05) is 17.5 Å². The second-order valence-electron chi connectivity index (χ2n) is 5.28. The molecule has 2 atom stereocenters. The summed E-state index contributed by atoms with van der Waals surface area (Å²) < 4.78 is 13.2. The zero-order valence-electron chi connectivity index (χ0n) is 12.6. The molecule has 0 aliphatic carbocycles. The molecule has 0 aliphatic rings. The van der Waals surface area contributed by atoms with Crippen molar-refractivity contribution in [1.29, 1.82) is 0 Å². The Kier molecular flexibility index (Phi) is 5.95. The highest BCUT2D eigenvalue weighted by atomic mass is 32.1. The molecule has 1 heterocycles. The number of halogens is 1. The summed E-state index contributed by atoms with van der Waals surface area (Å²) in [6.45, 7) is 1.94. The summed E-state index contributed by atoms with van der Waals surface area (Å²) in [7, 11) is 0. The molecule has 1 aromatic heterocycles. The fraction of sp³-hybridized carbons (Fsp3) is 0.312. The first-order valence-corrected chi connectivity index (χ1v) is 8.07. The van der Waals surface area contributed by atoms with Crippen molar-refractivity contribution in [1.82, 2.24) is 10.6 Å². The Morgan fingerprint density at radius 3 is 2.83 bits per heavy atom. The number of benzene rings is 1. The monoisotopic (exact) mass is 338 g/mol. The first-order chi connectivity index (χ1) is 11.0. The van der Waals surface area contributed by atoms with Gasteiger partial charge in [-0.25, -0.2) is 9.18 Å². The van der Waals surface area contributed by atoms with Crippen molar-refractivity contribution in [3.05, 3.63) is 52.0 Å². The standard InChI is InChI=1S/C16H19FN2O3S/c1-10(7-14(21)15-3-2-6-23-15)19-16(22)18-9-11-4-5-13(20)12(17)8-11/h2-6,8,10,14,20-21H,7,9H2,1H3,(H2,18,19,22). The van der Waals surface area contributed by atoms with E-state index in [2.05, 4.69) is 10.6 Å². The van der Waals surface area contributed by atoms with Crippen LogP contribution in [0.25, 0.3) is 0 Å². The fourth-order valence-electron chi connectivity index (χ4n) is 2.11. The second kappa shape index (κ2) is 7.94. The van der Waals surface area contributed by atoms with Crippen molar-refractivity contribution >= 4 is 17.4 Å². The van der Waals surface area contributed by atoms with E-state index in [4.69, 9.17) is 5.11 Å². The Labute approximate surface area is 137 Å². The van der Waals surface area contributed by atoms with Crippen LogP contribution in [0.2, 0.25) is 0 Å². The van der Waals surface area contributed by atoms with Crippen LogP contribution in [-0.2, 0) is 6.54 Å². The smallest absolute Gasteiger partial charge is 0.315 e. The van der Waals surface area contributed by atoms with E-state index in [0.29, 0.717) is 12.0 Å². The lowest BCUT2D eigenvalue weighted by Crippen LogP contribution is -2.41. The van der Waals surface area contributed by atoms with Crippen LogP contribution in [0.5, 0.6) is 5.75 Å². The molecule has 0 saturated heterocycles. The van der Waals surface area contributed by atoms with E-state index in [0.717, 1.165) is 4.88 Å². The summed E-state index contributed by atoms with van der Waals surface area (Å²) in [4.78, 5) is 12.7. The first kappa shape index (κ1) is 17.2. The predicted molar refractivity (Wildman–Crippen MR) is 86.8 cm³/mol. The number of aromatic hydroxyl groups is 1. The van der Waals surface area contributed by atoms with E-state index < -0.39 is 23.7 Å². The lowest BCUT2D eigenvalue weighted by molar-refractivity contribution is 0.158. The van der Waals surface area contributed by atoms with Gasteiger partial charge in [0.15, 0.2) is 11.6 Å². The predicted octanol–water partition coefficient (Wildman–Crippen LogP) is 2.90. The highest BCUT2D eigenvalue weighted by molar-refractivity contribution is 7.10. The van der Waals surface area contributed by atoms with Gasteiger partial charge in [0.05, 0.1) is 6.10 Å². The number of phenolic OH excluding ortho intramolecular Hbond substituents is 1. The van der Waals surface area contributed by atoms with Gasteiger partial charge in [0, 0.05) is 17.5 Å². The third-order valence-electron chi connectivity index (χ3n) is 3.29. The van der Waals surface area contributed by atoms with Gasteiger partial charge in [0.25, 0.3) is 0 Å². The van der Waals surface area contributed by atoms with Crippen LogP contribution in [0, 0.1) is 5.82 Å². The number of nitrogens with one attached hydrogen (secondary N) is 2. The van der Waals surface area contributed by atoms with Crippen LogP contribution in [0.15, 0.2) is 35.7 Å². The van der Waals surface area contributed by atoms with Crippen molar-refractivity contribution in [2.45, 2.75) is 32.0 Å². The Hall–Kier alpha value is -2.12. The maximum Gasteiger partial charge on any atom is 0.315 e. The van der Waals surface area contributed by atoms with Crippen molar-refractivity contribution in [2.24, 2.45) is 0 Å². The van der Waals surface area contributed by atoms with E-state index in [1.165, 1.54) is 29.5 Å². The molecule has 2 aromatic rings. The Morgan fingerprint density at radius 1 is 1.39 bits per heavy atom. The first-order valence-electron chi connectivity index (χ1n) is 7.19. The normalized spacial score (nSPS) is 13.3. The molecule has 23 heavy (non-hydrogen) atoms. The number of aliphatic hydroxyl groups is 1. The van der Waals surface area contributed by atoms with Crippen LogP contribution in [0.4, 0.5) is 9.18 Å². The number of hydrogen-bond acceptors (Lipinski definition) is 4. The molecular weight excluding hydrogens is 319 g/mol. The quantitative estimate of drug-likeness (QED) is 0.654. The minimum absolute atomic E-state index is 0.142. The zero-order chi connectivity index (χ0) is 16.8. The van der Waals surface area contributed by atoms with Crippen LogP contribution in [-0.4, -0.2) is 22.3 Å². The van der Waals surface area contributed by atoms with Gasteiger partial charge in [-0.15, -0.1) is 11.3 Å². The lowest BCUT2D eigenvalue weighted by atomic mass is 10.1. The van der Waals surface area contributed by atoms with Gasteiger partial charge in [0.2, 0.25) is 0 Å². The van der Waals surface area contributed by atoms with Crippen molar-refractivity contribution in [2.75, 3.05) is 0 Å². The zero-order valence-corrected chi connectivity index (χ0v) is 13.4. The minimum atomic E-state index is -0.725. The lowest BCUT2D eigenvalue weighted by Gasteiger charge is -2.17. The van der Waals surface area contributed by atoms with E-state index in [-0.39, 0.29) is 12.6 Å². The molecule has 0 saturated carbocycles. The molecule has 0 bridgehead atoms. The van der Waals surface area contributed by atoms with Crippen LogP contribution < -0.4 is 10.6 Å². The number of carbonyl (C=O) groups excluding carboxylic acids is 1. The molecule has 0 aliphatic heterocycles. The van der Waals surface area contributed by atoms with E-state index in [1.54, 1.807) is 6.92 Å². The van der Waals surface area contributed by atoms with Crippen molar-refractivity contribution in [3.8, 4) is 5.75 Å². The largest absolute Gasteiger partial charge is 0.505 e. The Bertz CT molecular complexity index is 649. The number of amides is 2. The van der Waals surface area contributed by atoms with E-state index in [9.17, 15) is 14.3 Å². The summed E-state index contributed by atoms with van der Waals surface area (Å²) in [5.41, 5.74) is 0.543. The number of hydrogen-bond donors (Lipinski definition) is 4. The van der Waals surface area contributed by atoms with Crippen LogP contribution in [0.3, 0.4) is 0 Å². The molecule has 0 radical (unpaired) electrons. The number of rotatable bonds is 6. The second-order valence-corrected chi connectivity index (χ2v) is 6.26. The molecule has 2 amide bonds. The maximum atomic E-state index is 13.2. The third-order valence-corrected chi connectivity index (χ3v) is 4.26. The molecular formula is C16H19FN2O3S. The molecule has 7 heteroatoms. The Morgan fingerprint density at radius 2 is 2.17 bits per heavy atom. The molecule has 0 spiro atoms. The maximum absolute atomic E-state index is 13.2. The van der Waals surface area contributed by atoms with Gasteiger partial charge in [-0.3, -0.25) is 0 Å². The summed E-state index contributed by atoms with van der Waals surface area (Å²) >= 11 is 1.47. The molecule has 1 aromatic carbocycles. The topological polar surface area (TPSA) is 81.6 Å². The third kappa shape index (κ3) is 5.22. The van der Waals surface area contributed by atoms with Crippen LogP contribution >= 0.6 is 11.3 Å². The van der Waals surface area contributed by atoms with Crippen molar-refractivity contribution in [3.63, 3.8) is 0 Å². The summed E-state index contributed by atoms with van der Waals surface area (Å²) in [5.74, 6) is -1.15. The fourth-order valence-corrected chi connectivity index (χ4v) is 2.83. The number of urea groups is 1. The Balaban J connectivity index is 1.76. The molecule has 4 N–H and O–H groups in total. The molecule has 5 nitrogen and oxygen atoms in total. The number of carbonyl (C=O) groups is 1. The molecule has 2 rings (SSSR count). The van der Waals surface area contributed by atoms with Gasteiger partial charge in [-0.2, -0.15) is 0 Å². The SMILES string of the molecule is CC(CC(O)c1cccs1)NC(=O)NCc1ccc(O)c(F)c1.